The molecule has 1 saturated heterocycles. The van der Waals surface area contributed by atoms with Crippen molar-refractivity contribution < 1.29 is 9.53 Å². The van der Waals surface area contributed by atoms with Gasteiger partial charge in [0.05, 0.1) is 0 Å². The van der Waals surface area contributed by atoms with Crippen LogP contribution in [0.25, 0.3) is 0 Å². The van der Waals surface area contributed by atoms with E-state index in [4.69, 9.17) is 4.74 Å². The van der Waals surface area contributed by atoms with Crippen LogP contribution in [0.3, 0.4) is 0 Å². The number of anilines is 1. The number of rotatable bonds is 1. The standard InChI is InChI=1S/C13H14BrNO2/c14-10-4-3-9-5-6-15(11(9)8-10)13(16)12-2-1-7-17-12/h3-4,8,12H,1-2,5-7H2. The lowest BCUT2D eigenvalue weighted by Gasteiger charge is -2.20. The number of hydrogen-bond donors (Lipinski definition) is 0. The normalized spacial score (nSPS) is 22.9. The Labute approximate surface area is 109 Å². The van der Waals surface area contributed by atoms with E-state index in [1.54, 1.807) is 0 Å². The van der Waals surface area contributed by atoms with E-state index < -0.39 is 0 Å². The molecule has 0 radical (unpaired) electrons. The van der Waals surface area contributed by atoms with Gasteiger partial charge in [0.15, 0.2) is 0 Å². The fraction of sp³-hybridized carbons (Fsp3) is 0.462. The van der Waals surface area contributed by atoms with Gasteiger partial charge in [-0.1, -0.05) is 22.0 Å². The van der Waals surface area contributed by atoms with Crippen LogP contribution in [0.4, 0.5) is 5.69 Å². The predicted molar refractivity (Wildman–Crippen MR) is 69.2 cm³/mol. The second-order valence-electron chi connectivity index (χ2n) is 4.51. The van der Waals surface area contributed by atoms with E-state index in [0.29, 0.717) is 0 Å². The molecule has 17 heavy (non-hydrogen) atoms. The molecule has 1 aromatic carbocycles. The fourth-order valence-corrected chi connectivity index (χ4v) is 2.88. The van der Waals surface area contributed by atoms with Crippen LogP contribution in [0.1, 0.15) is 18.4 Å². The number of hydrogen-bond acceptors (Lipinski definition) is 2. The second kappa shape index (κ2) is 4.42. The number of benzene rings is 1. The van der Waals surface area contributed by atoms with Crippen molar-refractivity contribution in [3.05, 3.63) is 28.2 Å². The third kappa shape index (κ3) is 2.00. The molecule has 1 atom stereocenters. The quantitative estimate of drug-likeness (QED) is 0.797. The van der Waals surface area contributed by atoms with Crippen molar-refractivity contribution in [3.8, 4) is 0 Å². The van der Waals surface area contributed by atoms with Crippen molar-refractivity contribution in [3.63, 3.8) is 0 Å². The van der Waals surface area contributed by atoms with Gasteiger partial charge >= 0.3 is 0 Å². The molecule has 4 heteroatoms. The maximum atomic E-state index is 12.3. The summed E-state index contributed by atoms with van der Waals surface area (Å²) in [4.78, 5) is 14.2. The maximum absolute atomic E-state index is 12.3. The SMILES string of the molecule is O=C(C1CCCO1)N1CCc2ccc(Br)cc21. The number of nitrogens with zero attached hydrogens (tertiary/aromatic N) is 1. The molecule has 0 saturated carbocycles. The maximum Gasteiger partial charge on any atom is 0.256 e. The molecule has 1 aromatic rings. The van der Waals surface area contributed by atoms with Crippen LogP contribution in [-0.2, 0) is 16.0 Å². The highest BCUT2D eigenvalue weighted by atomic mass is 79.9. The van der Waals surface area contributed by atoms with Gasteiger partial charge in [0.1, 0.15) is 6.10 Å². The zero-order valence-electron chi connectivity index (χ0n) is 9.49. The largest absolute Gasteiger partial charge is 0.368 e. The highest BCUT2D eigenvalue weighted by Crippen LogP contribution is 2.32. The van der Waals surface area contributed by atoms with E-state index >= 15 is 0 Å². The van der Waals surface area contributed by atoms with Crippen molar-refractivity contribution in [1.82, 2.24) is 0 Å². The van der Waals surface area contributed by atoms with Gasteiger partial charge in [-0.15, -0.1) is 0 Å². The van der Waals surface area contributed by atoms with Crippen LogP contribution >= 0.6 is 15.9 Å². The minimum atomic E-state index is -0.222. The van der Waals surface area contributed by atoms with Gasteiger partial charge in [-0.2, -0.15) is 0 Å². The molecular weight excluding hydrogens is 282 g/mol. The van der Waals surface area contributed by atoms with Crippen LogP contribution in [0.2, 0.25) is 0 Å². The van der Waals surface area contributed by atoms with E-state index in [-0.39, 0.29) is 12.0 Å². The molecule has 1 amide bonds. The van der Waals surface area contributed by atoms with E-state index in [1.807, 2.05) is 17.0 Å². The highest BCUT2D eigenvalue weighted by Gasteiger charge is 2.32. The Balaban J connectivity index is 1.87. The van der Waals surface area contributed by atoms with Gasteiger partial charge in [-0.05, 0) is 37.0 Å². The summed E-state index contributed by atoms with van der Waals surface area (Å²) in [6.07, 6.45) is 2.58. The van der Waals surface area contributed by atoms with Crippen LogP contribution < -0.4 is 4.90 Å². The topological polar surface area (TPSA) is 29.5 Å². The average molecular weight is 296 g/mol. The molecule has 1 unspecified atom stereocenters. The molecule has 1 fully saturated rings. The first-order valence-corrected chi connectivity index (χ1v) is 6.76. The Hall–Kier alpha value is -0.870. The van der Waals surface area contributed by atoms with Crippen molar-refractivity contribution in [2.75, 3.05) is 18.1 Å². The van der Waals surface area contributed by atoms with E-state index in [1.165, 1.54) is 5.56 Å². The summed E-state index contributed by atoms with van der Waals surface area (Å²) in [6.45, 7) is 1.50. The summed E-state index contributed by atoms with van der Waals surface area (Å²) in [7, 11) is 0. The number of amides is 1. The molecule has 3 nitrogen and oxygen atoms in total. The van der Waals surface area contributed by atoms with Gasteiger partial charge in [0, 0.05) is 23.3 Å². The molecule has 0 N–H and O–H groups in total. The summed E-state index contributed by atoms with van der Waals surface area (Å²) in [5, 5.41) is 0. The van der Waals surface area contributed by atoms with E-state index in [9.17, 15) is 4.79 Å². The first kappa shape index (κ1) is 11.2. The summed E-state index contributed by atoms with van der Waals surface area (Å²) in [5.74, 6) is 0.124. The molecule has 0 aromatic heterocycles. The van der Waals surface area contributed by atoms with Gasteiger partial charge in [0.2, 0.25) is 0 Å². The molecule has 90 valence electrons. The van der Waals surface area contributed by atoms with Crippen molar-refractivity contribution in [2.45, 2.75) is 25.4 Å². The van der Waals surface area contributed by atoms with Crippen LogP contribution in [0, 0.1) is 0 Å². The van der Waals surface area contributed by atoms with Gasteiger partial charge in [-0.25, -0.2) is 0 Å². The summed E-state index contributed by atoms with van der Waals surface area (Å²) in [6, 6.07) is 6.14. The van der Waals surface area contributed by atoms with Gasteiger partial charge < -0.3 is 9.64 Å². The summed E-state index contributed by atoms with van der Waals surface area (Å²) < 4.78 is 6.49. The van der Waals surface area contributed by atoms with Crippen molar-refractivity contribution in [2.24, 2.45) is 0 Å². The van der Waals surface area contributed by atoms with Crippen LogP contribution in [-0.4, -0.2) is 25.2 Å². The Bertz CT molecular complexity index is 455. The number of ether oxygens (including phenoxy) is 1. The average Bonchev–Trinajstić information content (AvgIpc) is 2.97. The molecule has 2 heterocycles. The van der Waals surface area contributed by atoms with Gasteiger partial charge in [0.25, 0.3) is 5.91 Å². The van der Waals surface area contributed by atoms with Gasteiger partial charge in [-0.3, -0.25) is 4.79 Å². The zero-order chi connectivity index (χ0) is 11.8. The molecule has 0 bridgehead atoms. The predicted octanol–water partition coefficient (Wildman–Crippen LogP) is 2.52. The van der Waals surface area contributed by atoms with E-state index in [2.05, 4.69) is 22.0 Å². The zero-order valence-corrected chi connectivity index (χ0v) is 11.1. The molecule has 0 spiro atoms. The van der Waals surface area contributed by atoms with Crippen molar-refractivity contribution >= 4 is 27.5 Å². The third-order valence-corrected chi connectivity index (χ3v) is 3.91. The minimum absolute atomic E-state index is 0.124. The molecule has 2 aliphatic heterocycles. The number of carbonyl (C=O) groups is 1. The smallest absolute Gasteiger partial charge is 0.256 e. The first-order chi connectivity index (χ1) is 8.25. The van der Waals surface area contributed by atoms with Crippen LogP contribution in [0.5, 0.6) is 0 Å². The molecule has 3 rings (SSSR count). The van der Waals surface area contributed by atoms with Crippen LogP contribution in [0.15, 0.2) is 22.7 Å². The Morgan fingerprint density at radius 2 is 2.35 bits per heavy atom. The van der Waals surface area contributed by atoms with E-state index in [0.717, 1.165) is 42.6 Å². The third-order valence-electron chi connectivity index (χ3n) is 3.41. The minimum Gasteiger partial charge on any atom is -0.368 e. The number of fused-ring (bicyclic) bond motifs is 1. The van der Waals surface area contributed by atoms with Crippen molar-refractivity contribution in [1.29, 1.82) is 0 Å². The lowest BCUT2D eigenvalue weighted by atomic mass is 10.1. The lowest BCUT2D eigenvalue weighted by Crippen LogP contribution is -2.37. The number of halogens is 1. The number of carbonyl (C=O) groups excluding carboxylic acids is 1. The molecule has 0 aliphatic carbocycles. The molecule has 2 aliphatic rings. The Kier molecular flexibility index (Phi) is 2.92. The Morgan fingerprint density at radius 1 is 1.47 bits per heavy atom. The monoisotopic (exact) mass is 295 g/mol. The highest BCUT2D eigenvalue weighted by molar-refractivity contribution is 9.10. The fourth-order valence-electron chi connectivity index (χ4n) is 2.53. The summed E-state index contributed by atoms with van der Waals surface area (Å²) in [5.41, 5.74) is 2.29. The molecular formula is C13H14BrNO2. The Morgan fingerprint density at radius 3 is 3.12 bits per heavy atom. The second-order valence-corrected chi connectivity index (χ2v) is 5.43. The first-order valence-electron chi connectivity index (χ1n) is 5.97. The lowest BCUT2D eigenvalue weighted by molar-refractivity contribution is -0.127. The summed E-state index contributed by atoms with van der Waals surface area (Å²) >= 11 is 3.46.